The Morgan fingerprint density at radius 2 is 1.76 bits per heavy atom. The number of alkyl halides is 5. The van der Waals surface area contributed by atoms with Crippen molar-refractivity contribution in [2.75, 3.05) is 42.9 Å². The van der Waals surface area contributed by atoms with Gasteiger partial charge in [-0.2, -0.15) is 18.3 Å². The van der Waals surface area contributed by atoms with Crippen LogP contribution in [0.2, 0.25) is 0 Å². The molecule has 1 saturated carbocycles. The zero-order valence-electron chi connectivity index (χ0n) is 32.0. The number of likely N-dealkylation sites (tertiary alicyclic amines) is 1. The summed E-state index contributed by atoms with van der Waals surface area (Å²) >= 11 is 0. The van der Waals surface area contributed by atoms with Crippen molar-refractivity contribution in [1.29, 1.82) is 0 Å². The van der Waals surface area contributed by atoms with Gasteiger partial charge in [-0.3, -0.25) is 38.4 Å². The molecular formula is C40H41F5N10O4. The van der Waals surface area contributed by atoms with E-state index in [2.05, 4.69) is 25.7 Å². The average Bonchev–Trinajstić information content (AvgIpc) is 3.71. The van der Waals surface area contributed by atoms with Crippen LogP contribution in [-0.4, -0.2) is 90.2 Å². The van der Waals surface area contributed by atoms with Gasteiger partial charge in [-0.1, -0.05) is 12.1 Å². The first-order valence-electron chi connectivity index (χ1n) is 19.7. The molecule has 3 saturated heterocycles. The number of imidazole rings is 1. The molecule has 1 aromatic carbocycles. The van der Waals surface area contributed by atoms with Gasteiger partial charge in [0.25, 0.3) is 11.8 Å². The summed E-state index contributed by atoms with van der Waals surface area (Å²) in [6, 6.07) is 9.27. The molecular weight excluding hydrogens is 779 g/mol. The van der Waals surface area contributed by atoms with Gasteiger partial charge < -0.3 is 10.2 Å². The van der Waals surface area contributed by atoms with Crippen molar-refractivity contribution in [2.45, 2.75) is 69.1 Å². The van der Waals surface area contributed by atoms with E-state index in [1.165, 1.54) is 21.4 Å². The molecule has 310 valence electrons. The highest BCUT2D eigenvalue weighted by Gasteiger charge is 2.62. The molecule has 2 N–H and O–H groups in total. The number of imide groups is 1. The van der Waals surface area contributed by atoms with Crippen LogP contribution in [0.25, 0.3) is 21.9 Å². The van der Waals surface area contributed by atoms with Crippen molar-refractivity contribution in [3.63, 3.8) is 0 Å². The lowest BCUT2D eigenvalue weighted by molar-refractivity contribution is -0.181. The van der Waals surface area contributed by atoms with E-state index in [9.17, 15) is 32.3 Å². The fourth-order valence-electron chi connectivity index (χ4n) is 9.44. The highest BCUT2D eigenvalue weighted by molar-refractivity contribution is 6.03. The van der Waals surface area contributed by atoms with Gasteiger partial charge >= 0.3 is 11.9 Å². The maximum Gasteiger partial charge on any atom is 0.433 e. The van der Waals surface area contributed by atoms with E-state index in [1.807, 2.05) is 26.7 Å². The fourth-order valence-corrected chi connectivity index (χ4v) is 9.44. The molecule has 9 rings (SSSR count). The zero-order chi connectivity index (χ0) is 41.4. The largest absolute Gasteiger partial charge is 0.433 e. The van der Waals surface area contributed by atoms with Gasteiger partial charge in [-0.15, -0.1) is 0 Å². The summed E-state index contributed by atoms with van der Waals surface area (Å²) in [5, 5.41) is 10.2. The molecule has 1 atom stereocenters. The number of nitrogens with zero attached hydrogens (tertiary/aromatic N) is 8. The average molecular weight is 821 g/mol. The number of halogens is 5. The number of amides is 3. The number of piperidine rings is 2. The molecule has 4 aliphatic rings. The Bertz CT molecular complexity index is 2550. The number of aryl methyl sites for hydroxylation is 1. The summed E-state index contributed by atoms with van der Waals surface area (Å²) in [7, 11) is 1.61. The molecule has 3 aliphatic heterocycles. The Hall–Kier alpha value is -5.72. The van der Waals surface area contributed by atoms with Gasteiger partial charge in [0.05, 0.1) is 40.9 Å². The Labute approximate surface area is 333 Å². The lowest BCUT2D eigenvalue weighted by Crippen LogP contribution is -2.70. The van der Waals surface area contributed by atoms with Crippen molar-refractivity contribution >= 4 is 51.2 Å². The second-order valence-corrected chi connectivity index (χ2v) is 16.4. The van der Waals surface area contributed by atoms with Gasteiger partial charge in [-0.05, 0) is 81.3 Å². The molecule has 19 heteroatoms. The second kappa shape index (κ2) is 14.2. The van der Waals surface area contributed by atoms with E-state index in [0.29, 0.717) is 47.1 Å². The number of benzene rings is 1. The Morgan fingerprint density at radius 3 is 2.49 bits per heavy atom. The molecule has 7 heterocycles. The maximum atomic E-state index is 16.1. The normalized spacial score (nSPS) is 23.4. The minimum atomic E-state index is -4.69. The van der Waals surface area contributed by atoms with Crippen molar-refractivity contribution in [2.24, 2.45) is 18.4 Å². The molecule has 1 aliphatic carbocycles. The predicted molar refractivity (Wildman–Crippen MR) is 205 cm³/mol. The number of anilines is 2. The number of aromatic nitrogens is 6. The van der Waals surface area contributed by atoms with Crippen LogP contribution in [0.3, 0.4) is 0 Å². The van der Waals surface area contributed by atoms with Crippen molar-refractivity contribution in [3.05, 3.63) is 76.7 Å². The third kappa shape index (κ3) is 6.91. The monoisotopic (exact) mass is 820 g/mol. The van der Waals surface area contributed by atoms with E-state index >= 15 is 8.78 Å². The molecule has 59 heavy (non-hydrogen) atoms. The van der Waals surface area contributed by atoms with Crippen LogP contribution < -0.4 is 21.2 Å². The molecule has 0 bridgehead atoms. The number of rotatable bonds is 7. The number of pyridine rings is 2. The standard InChI is InChI=1S/C40H41F5N10O4/c1-51-34-28(5-3-6-29(34)55(37(51)59)30-12-13-33(56)49-36(30)58)53-20-38(21-53)14-15-52(22-39(38,41)42)18-23-8-10-25(11-9-23)54-19-24-16-32(46-17-27(24)50-54)48-35(57)26-4-2-7-31(47-26)40(43,44)45/h2-7,16-17,19,23,25,30H,8-15,18,20-22H2,1H3,(H,48,57)(H,49,56,58). The van der Waals surface area contributed by atoms with Crippen LogP contribution in [0.1, 0.15) is 73.2 Å². The number of para-hydroxylation sites is 1. The molecule has 5 aromatic rings. The van der Waals surface area contributed by atoms with Crippen LogP contribution in [-0.2, 0) is 22.8 Å². The number of carbonyl (C=O) groups excluding carboxylic acids is 3. The SMILES string of the molecule is Cn1c(=O)n(C2CCC(=O)NC2=O)c2cccc(N3CC4(CCN(CC5CCC(n6cc7cc(NC(=O)c8cccc(C(F)(F)F)n8)ncc7n6)CC5)CC4(F)F)C3)c21. The second-order valence-electron chi connectivity index (χ2n) is 16.4. The zero-order valence-corrected chi connectivity index (χ0v) is 32.0. The van der Waals surface area contributed by atoms with Gasteiger partial charge in [0, 0.05) is 44.7 Å². The lowest BCUT2D eigenvalue weighted by Gasteiger charge is -2.58. The molecule has 0 radical (unpaired) electrons. The van der Waals surface area contributed by atoms with Crippen LogP contribution in [0.5, 0.6) is 0 Å². The summed E-state index contributed by atoms with van der Waals surface area (Å²) in [5.41, 5.74) is -0.818. The van der Waals surface area contributed by atoms with Crippen molar-refractivity contribution in [1.82, 2.24) is 39.1 Å². The Kier molecular flexibility index (Phi) is 9.36. The van der Waals surface area contributed by atoms with Crippen molar-refractivity contribution < 1.29 is 36.3 Å². The molecule has 14 nitrogen and oxygen atoms in total. The molecule has 1 unspecified atom stereocenters. The van der Waals surface area contributed by atoms with Gasteiger partial charge in [0.2, 0.25) is 11.8 Å². The summed E-state index contributed by atoms with van der Waals surface area (Å²) < 4.78 is 76.2. The first kappa shape index (κ1) is 38.8. The topological polar surface area (TPSA) is 152 Å². The Morgan fingerprint density at radius 1 is 1.00 bits per heavy atom. The Balaban J connectivity index is 0.796. The van der Waals surface area contributed by atoms with Crippen molar-refractivity contribution in [3.8, 4) is 0 Å². The minimum absolute atomic E-state index is 0.0860. The maximum absolute atomic E-state index is 16.1. The number of fused-ring (bicyclic) bond motifs is 2. The van der Waals surface area contributed by atoms with E-state index in [0.717, 1.165) is 37.8 Å². The highest BCUT2D eigenvalue weighted by Crippen LogP contribution is 2.52. The van der Waals surface area contributed by atoms with Gasteiger partial charge in [0.15, 0.2) is 0 Å². The van der Waals surface area contributed by atoms with Crippen LogP contribution in [0, 0.1) is 11.3 Å². The number of carbonyl (C=O) groups is 3. The van der Waals surface area contributed by atoms with Gasteiger partial charge in [0.1, 0.15) is 28.8 Å². The lowest BCUT2D eigenvalue weighted by atomic mass is 9.68. The van der Waals surface area contributed by atoms with E-state index in [-0.39, 0.29) is 56.2 Å². The van der Waals surface area contributed by atoms with E-state index in [1.54, 1.807) is 25.2 Å². The quantitative estimate of drug-likeness (QED) is 0.165. The summed E-state index contributed by atoms with van der Waals surface area (Å²) in [6.07, 6.45) is 2.60. The summed E-state index contributed by atoms with van der Waals surface area (Å²) in [4.78, 5) is 61.9. The number of nitrogens with one attached hydrogen (secondary N) is 2. The summed E-state index contributed by atoms with van der Waals surface area (Å²) in [6.45, 7) is 1.09. The first-order valence-corrected chi connectivity index (χ1v) is 19.7. The van der Waals surface area contributed by atoms with Crippen LogP contribution in [0.15, 0.2) is 59.7 Å². The van der Waals surface area contributed by atoms with Crippen LogP contribution >= 0.6 is 0 Å². The first-order chi connectivity index (χ1) is 28.1. The smallest absolute Gasteiger partial charge is 0.368 e. The molecule has 3 amide bonds. The van der Waals surface area contributed by atoms with E-state index < -0.39 is 52.4 Å². The van der Waals surface area contributed by atoms with Crippen LogP contribution in [0.4, 0.5) is 33.5 Å². The highest BCUT2D eigenvalue weighted by atomic mass is 19.4. The molecule has 4 aromatic heterocycles. The number of hydrogen-bond acceptors (Lipinski definition) is 9. The predicted octanol–water partition coefficient (Wildman–Crippen LogP) is 5.31. The molecule has 1 spiro atoms. The summed E-state index contributed by atoms with van der Waals surface area (Å²) in [5.74, 6) is -4.27. The third-order valence-electron chi connectivity index (χ3n) is 12.7. The van der Waals surface area contributed by atoms with Gasteiger partial charge in [-0.25, -0.2) is 23.5 Å². The third-order valence-corrected chi connectivity index (χ3v) is 12.7. The molecule has 4 fully saturated rings. The minimum Gasteiger partial charge on any atom is -0.368 e. The fraction of sp³-hybridized carbons (Fsp3) is 0.475. The van der Waals surface area contributed by atoms with E-state index in [4.69, 9.17) is 0 Å². The number of hydrogen-bond donors (Lipinski definition) is 2.